The average Bonchev–Trinajstić information content (AvgIpc) is 2.47. The van der Waals surface area contributed by atoms with E-state index in [0.717, 1.165) is 17.5 Å². The van der Waals surface area contributed by atoms with E-state index in [-0.39, 0.29) is 11.9 Å². The monoisotopic (exact) mass is 283 g/mol. The van der Waals surface area contributed by atoms with Crippen molar-refractivity contribution in [3.63, 3.8) is 0 Å². The average molecular weight is 283 g/mol. The highest BCUT2D eigenvalue weighted by molar-refractivity contribution is 5.73. The van der Waals surface area contributed by atoms with E-state index in [0.29, 0.717) is 0 Å². The van der Waals surface area contributed by atoms with Crippen LogP contribution < -0.4 is 5.32 Å². The van der Waals surface area contributed by atoms with Crippen LogP contribution >= 0.6 is 0 Å². The maximum Gasteiger partial charge on any atom is 0.217 e. The lowest BCUT2D eigenvalue weighted by Gasteiger charge is -2.20. The molecule has 0 saturated heterocycles. The Labute approximate surface area is 125 Å². The molecule has 3 nitrogen and oxygen atoms in total. The molecule has 0 aromatic heterocycles. The molecule has 0 saturated carbocycles. The van der Waals surface area contributed by atoms with Gasteiger partial charge in [0.15, 0.2) is 0 Å². The van der Waals surface area contributed by atoms with Gasteiger partial charge in [0.05, 0.1) is 12.1 Å². The van der Waals surface area contributed by atoms with Crippen LogP contribution in [-0.2, 0) is 11.2 Å². The minimum absolute atomic E-state index is 0.137. The molecule has 0 heterocycles. The summed E-state index contributed by atoms with van der Waals surface area (Å²) in [6.45, 7) is 3.25. The zero-order valence-corrected chi connectivity index (χ0v) is 12.4. The summed E-state index contributed by atoms with van der Waals surface area (Å²) >= 11 is 0. The highest BCUT2D eigenvalue weighted by atomic mass is 16.3. The number of aliphatic hydroxyl groups excluding tert-OH is 1. The standard InChI is InChI=1S/C18H21NO2/c1-13(19-14(2)20)18(21)17-10-6-9-16(12-17)11-15-7-4-3-5-8-15/h3-10,12-13,18,21H,11H2,1-2H3,(H,19,20)/t13-,18+/m1/s1. The normalized spacial score (nSPS) is 13.5. The second kappa shape index (κ2) is 7.04. The summed E-state index contributed by atoms with van der Waals surface area (Å²) in [5.41, 5.74) is 3.21. The number of aliphatic hydroxyl groups is 1. The van der Waals surface area contributed by atoms with Gasteiger partial charge in [-0.3, -0.25) is 4.79 Å². The lowest BCUT2D eigenvalue weighted by molar-refractivity contribution is -0.120. The molecular formula is C18H21NO2. The smallest absolute Gasteiger partial charge is 0.217 e. The van der Waals surface area contributed by atoms with Gasteiger partial charge in [-0.25, -0.2) is 0 Å². The van der Waals surface area contributed by atoms with E-state index in [9.17, 15) is 9.90 Å². The fourth-order valence-corrected chi connectivity index (χ4v) is 2.41. The van der Waals surface area contributed by atoms with Crippen LogP contribution in [0.15, 0.2) is 54.6 Å². The molecule has 0 fully saturated rings. The van der Waals surface area contributed by atoms with Crippen LogP contribution in [0.25, 0.3) is 0 Å². The zero-order chi connectivity index (χ0) is 15.2. The Hall–Kier alpha value is -2.13. The van der Waals surface area contributed by atoms with Gasteiger partial charge >= 0.3 is 0 Å². The molecule has 0 radical (unpaired) electrons. The number of rotatable bonds is 5. The number of hydrogen-bond acceptors (Lipinski definition) is 2. The molecule has 2 atom stereocenters. The number of hydrogen-bond donors (Lipinski definition) is 2. The molecule has 0 aliphatic heterocycles. The lowest BCUT2D eigenvalue weighted by atomic mass is 9.98. The maximum atomic E-state index is 11.1. The SMILES string of the molecule is CC(=O)N[C@H](C)[C@H](O)c1cccc(Cc2ccccc2)c1. The summed E-state index contributed by atoms with van der Waals surface area (Å²) in [4.78, 5) is 11.1. The van der Waals surface area contributed by atoms with E-state index in [4.69, 9.17) is 0 Å². The first-order valence-electron chi connectivity index (χ1n) is 7.14. The first-order chi connectivity index (χ1) is 10.1. The van der Waals surface area contributed by atoms with Gasteiger partial charge in [0.1, 0.15) is 0 Å². The second-order valence-corrected chi connectivity index (χ2v) is 5.34. The van der Waals surface area contributed by atoms with Crippen molar-refractivity contribution in [2.75, 3.05) is 0 Å². The van der Waals surface area contributed by atoms with Crippen LogP contribution in [0.5, 0.6) is 0 Å². The van der Waals surface area contributed by atoms with Crippen molar-refractivity contribution in [3.8, 4) is 0 Å². The van der Waals surface area contributed by atoms with E-state index in [2.05, 4.69) is 17.4 Å². The van der Waals surface area contributed by atoms with Crippen molar-refractivity contribution in [1.82, 2.24) is 5.32 Å². The molecular weight excluding hydrogens is 262 g/mol. The molecule has 0 aliphatic rings. The third-order valence-corrected chi connectivity index (χ3v) is 3.45. The van der Waals surface area contributed by atoms with Crippen molar-refractivity contribution in [2.45, 2.75) is 32.4 Å². The highest BCUT2D eigenvalue weighted by Crippen LogP contribution is 2.19. The Morgan fingerprint density at radius 1 is 1.10 bits per heavy atom. The molecule has 0 unspecified atom stereocenters. The maximum absolute atomic E-state index is 11.1. The summed E-state index contributed by atoms with van der Waals surface area (Å²) < 4.78 is 0. The summed E-state index contributed by atoms with van der Waals surface area (Å²) in [5.74, 6) is -0.137. The van der Waals surface area contributed by atoms with Crippen molar-refractivity contribution in [3.05, 3.63) is 71.3 Å². The van der Waals surface area contributed by atoms with Crippen LogP contribution in [-0.4, -0.2) is 17.1 Å². The van der Waals surface area contributed by atoms with Gasteiger partial charge in [-0.2, -0.15) is 0 Å². The number of carbonyl (C=O) groups is 1. The van der Waals surface area contributed by atoms with Crippen LogP contribution in [0.3, 0.4) is 0 Å². The fourth-order valence-electron chi connectivity index (χ4n) is 2.41. The Morgan fingerprint density at radius 2 is 1.76 bits per heavy atom. The van der Waals surface area contributed by atoms with E-state index in [1.807, 2.05) is 42.5 Å². The molecule has 110 valence electrons. The third-order valence-electron chi connectivity index (χ3n) is 3.45. The summed E-state index contributed by atoms with van der Waals surface area (Å²) in [6, 6.07) is 17.8. The van der Waals surface area contributed by atoms with Crippen LogP contribution in [0.2, 0.25) is 0 Å². The van der Waals surface area contributed by atoms with E-state index in [1.54, 1.807) is 6.92 Å². The lowest BCUT2D eigenvalue weighted by Crippen LogP contribution is -2.35. The molecule has 21 heavy (non-hydrogen) atoms. The van der Waals surface area contributed by atoms with Gasteiger partial charge in [0.25, 0.3) is 0 Å². The van der Waals surface area contributed by atoms with Gasteiger partial charge in [-0.15, -0.1) is 0 Å². The molecule has 1 amide bonds. The van der Waals surface area contributed by atoms with Crippen molar-refractivity contribution < 1.29 is 9.90 Å². The Kier molecular flexibility index (Phi) is 5.12. The van der Waals surface area contributed by atoms with Crippen molar-refractivity contribution in [2.24, 2.45) is 0 Å². The number of amides is 1. The van der Waals surface area contributed by atoms with Crippen molar-refractivity contribution in [1.29, 1.82) is 0 Å². The Bertz CT molecular complexity index is 595. The first-order valence-corrected chi connectivity index (χ1v) is 7.14. The fraction of sp³-hybridized carbons (Fsp3) is 0.278. The van der Waals surface area contributed by atoms with Gasteiger partial charge in [0.2, 0.25) is 5.91 Å². The summed E-state index contributed by atoms with van der Waals surface area (Å²) in [5, 5.41) is 13.0. The highest BCUT2D eigenvalue weighted by Gasteiger charge is 2.17. The molecule has 2 aromatic carbocycles. The third kappa shape index (κ3) is 4.43. The van der Waals surface area contributed by atoms with E-state index >= 15 is 0 Å². The number of benzene rings is 2. The predicted octanol–water partition coefficient (Wildman–Crippen LogP) is 2.84. The van der Waals surface area contributed by atoms with Crippen molar-refractivity contribution >= 4 is 5.91 Å². The van der Waals surface area contributed by atoms with Gasteiger partial charge in [0, 0.05) is 6.92 Å². The van der Waals surface area contributed by atoms with E-state index < -0.39 is 6.10 Å². The number of carbonyl (C=O) groups excluding carboxylic acids is 1. The topological polar surface area (TPSA) is 49.3 Å². The minimum Gasteiger partial charge on any atom is -0.386 e. The summed E-state index contributed by atoms with van der Waals surface area (Å²) in [6.07, 6.45) is 0.125. The van der Waals surface area contributed by atoms with Crippen LogP contribution in [0.4, 0.5) is 0 Å². The Balaban J connectivity index is 2.12. The van der Waals surface area contributed by atoms with Gasteiger partial charge < -0.3 is 10.4 Å². The van der Waals surface area contributed by atoms with E-state index in [1.165, 1.54) is 12.5 Å². The first kappa shape index (κ1) is 15.3. The molecule has 0 spiro atoms. The quantitative estimate of drug-likeness (QED) is 0.886. The zero-order valence-electron chi connectivity index (χ0n) is 12.4. The largest absolute Gasteiger partial charge is 0.386 e. The van der Waals surface area contributed by atoms with Crippen LogP contribution in [0.1, 0.15) is 36.6 Å². The van der Waals surface area contributed by atoms with Gasteiger partial charge in [-0.1, -0.05) is 54.6 Å². The second-order valence-electron chi connectivity index (χ2n) is 5.34. The molecule has 2 N–H and O–H groups in total. The molecule has 3 heteroatoms. The van der Waals surface area contributed by atoms with Crippen LogP contribution in [0, 0.1) is 0 Å². The number of nitrogens with one attached hydrogen (secondary N) is 1. The molecule has 0 bridgehead atoms. The Morgan fingerprint density at radius 3 is 2.43 bits per heavy atom. The summed E-state index contributed by atoms with van der Waals surface area (Å²) in [7, 11) is 0. The molecule has 2 rings (SSSR count). The predicted molar refractivity (Wildman–Crippen MR) is 83.9 cm³/mol. The molecule has 0 aliphatic carbocycles. The molecule has 2 aromatic rings. The van der Waals surface area contributed by atoms with Gasteiger partial charge in [-0.05, 0) is 30.0 Å². The minimum atomic E-state index is -0.704.